The summed E-state index contributed by atoms with van der Waals surface area (Å²) in [6.45, 7) is 5.04. The lowest BCUT2D eigenvalue weighted by molar-refractivity contribution is 0.671. The SMILES string of the molecule is CCCCCC/C(=C(/B(c1ccccc1)c1ccccc1)c1ccccc1)[Si](C)(c1ccccc1)c1ccccc1. The summed E-state index contributed by atoms with van der Waals surface area (Å²) in [6, 6.07) is 56.3. The molecule has 0 spiro atoms. The van der Waals surface area contributed by atoms with Gasteiger partial charge in [0.2, 0.25) is 6.71 Å². The molecule has 0 amide bonds. The summed E-state index contributed by atoms with van der Waals surface area (Å²) in [5, 5.41) is 4.60. The largest absolute Gasteiger partial charge is 0.241 e. The van der Waals surface area contributed by atoms with E-state index in [4.69, 9.17) is 0 Å². The first kappa shape index (κ1) is 28.6. The van der Waals surface area contributed by atoms with Crippen molar-refractivity contribution in [3.63, 3.8) is 0 Å². The highest BCUT2D eigenvalue weighted by Crippen LogP contribution is 2.32. The van der Waals surface area contributed by atoms with Gasteiger partial charge in [0, 0.05) is 0 Å². The first-order valence-electron chi connectivity index (χ1n) is 15.2. The first-order valence-corrected chi connectivity index (χ1v) is 17.7. The molecule has 0 saturated carbocycles. The predicted molar refractivity (Wildman–Crippen MR) is 184 cm³/mol. The van der Waals surface area contributed by atoms with Gasteiger partial charge in [-0.25, -0.2) is 0 Å². The molecular formula is C39H41BSi. The van der Waals surface area contributed by atoms with Crippen LogP contribution >= 0.6 is 0 Å². The third-order valence-electron chi connectivity index (χ3n) is 8.55. The maximum atomic E-state index is 2.60. The fourth-order valence-electron chi connectivity index (χ4n) is 6.39. The minimum Gasteiger partial charge on any atom is -0.0757 e. The molecule has 0 radical (unpaired) electrons. The predicted octanol–water partition coefficient (Wildman–Crippen LogP) is 7.69. The number of unbranched alkanes of at least 4 members (excludes halogenated alkanes) is 3. The normalized spacial score (nSPS) is 12.0. The Kier molecular flexibility index (Phi) is 9.88. The van der Waals surface area contributed by atoms with Crippen LogP contribution in [0.4, 0.5) is 0 Å². The maximum absolute atomic E-state index is 2.60. The Hall–Kier alpha value is -3.88. The van der Waals surface area contributed by atoms with Crippen LogP contribution in [0.25, 0.3) is 5.47 Å². The van der Waals surface area contributed by atoms with Gasteiger partial charge in [0.15, 0.2) is 0 Å². The smallest absolute Gasteiger partial charge is 0.0757 e. The summed E-state index contributed by atoms with van der Waals surface area (Å²) in [4.78, 5) is 0. The fraction of sp³-hybridized carbons (Fsp3) is 0.179. The average Bonchev–Trinajstić information content (AvgIpc) is 3.06. The average molecular weight is 549 g/mol. The molecule has 0 aliphatic rings. The zero-order chi connectivity index (χ0) is 28.3. The molecule has 5 aromatic carbocycles. The van der Waals surface area contributed by atoms with Crippen LogP contribution < -0.4 is 21.3 Å². The Bertz CT molecular complexity index is 1420. The monoisotopic (exact) mass is 548 g/mol. The van der Waals surface area contributed by atoms with Gasteiger partial charge in [-0.05, 0) is 28.8 Å². The lowest BCUT2D eigenvalue weighted by Crippen LogP contribution is -2.59. The van der Waals surface area contributed by atoms with Gasteiger partial charge in [0.05, 0.1) is 0 Å². The van der Waals surface area contributed by atoms with Crippen LogP contribution in [0.15, 0.2) is 157 Å². The highest BCUT2D eigenvalue weighted by atomic mass is 28.3. The molecule has 0 N–H and O–H groups in total. The number of hydrogen-bond donors (Lipinski definition) is 0. The molecule has 0 aliphatic carbocycles. The molecule has 0 fully saturated rings. The third-order valence-corrected chi connectivity index (χ3v) is 13.3. The van der Waals surface area contributed by atoms with Gasteiger partial charge in [-0.3, -0.25) is 0 Å². The molecule has 0 saturated heterocycles. The van der Waals surface area contributed by atoms with Gasteiger partial charge in [-0.2, -0.15) is 0 Å². The van der Waals surface area contributed by atoms with Crippen LogP contribution in [0, 0.1) is 0 Å². The van der Waals surface area contributed by atoms with E-state index in [2.05, 4.69) is 165 Å². The van der Waals surface area contributed by atoms with Crippen LogP contribution in [0.5, 0.6) is 0 Å². The lowest BCUT2D eigenvalue weighted by atomic mass is 9.35. The van der Waals surface area contributed by atoms with Crippen molar-refractivity contribution in [3.8, 4) is 0 Å². The number of rotatable bonds is 12. The second-order valence-corrected chi connectivity index (χ2v) is 15.2. The molecule has 0 nitrogen and oxygen atoms in total. The van der Waals surface area contributed by atoms with Crippen LogP contribution in [-0.4, -0.2) is 14.8 Å². The molecule has 5 aromatic rings. The molecule has 0 heterocycles. The zero-order valence-corrected chi connectivity index (χ0v) is 25.5. The Balaban J connectivity index is 1.89. The standard InChI is InChI=1S/C39H41BSi/c1-3-4-5-21-32-38(41(2,36-28-17-9-18-29-36)37-30-19-10-20-31-37)39(33-22-11-6-12-23-33)40(34-24-13-7-14-25-34)35-26-15-8-16-27-35/h6-20,22-31H,3-5,21,32H2,1-2H3/b39-38-. The first-order chi connectivity index (χ1) is 20.2. The number of benzene rings is 5. The quantitative estimate of drug-likeness (QED) is 0.111. The summed E-state index contributed by atoms with van der Waals surface area (Å²) in [6.07, 6.45) is 6.10. The number of hydrogen-bond acceptors (Lipinski definition) is 0. The molecule has 0 atom stereocenters. The summed E-state index contributed by atoms with van der Waals surface area (Å²) >= 11 is 0. The van der Waals surface area contributed by atoms with E-state index in [0.29, 0.717) is 0 Å². The zero-order valence-electron chi connectivity index (χ0n) is 24.5. The van der Waals surface area contributed by atoms with Crippen molar-refractivity contribution in [3.05, 3.63) is 162 Å². The molecule has 41 heavy (non-hydrogen) atoms. The van der Waals surface area contributed by atoms with E-state index < -0.39 is 8.07 Å². The molecule has 5 rings (SSSR count). The summed E-state index contributed by atoms with van der Waals surface area (Å²) in [5.41, 5.74) is 5.52. The molecule has 0 bridgehead atoms. The molecule has 0 unspecified atom stereocenters. The Labute approximate surface area is 248 Å². The summed E-state index contributed by atoms with van der Waals surface area (Å²) in [5.74, 6) is 0. The van der Waals surface area contributed by atoms with Gasteiger partial charge >= 0.3 is 0 Å². The molecule has 204 valence electrons. The van der Waals surface area contributed by atoms with E-state index in [9.17, 15) is 0 Å². The Morgan fingerprint density at radius 1 is 0.512 bits per heavy atom. The second-order valence-electron chi connectivity index (χ2n) is 11.2. The van der Waals surface area contributed by atoms with Crippen LogP contribution in [0.3, 0.4) is 0 Å². The molecule has 0 aliphatic heterocycles. The summed E-state index contributed by atoms with van der Waals surface area (Å²) < 4.78 is 0. The Morgan fingerprint density at radius 2 is 0.927 bits per heavy atom. The van der Waals surface area contributed by atoms with Gasteiger partial charge in [0.25, 0.3) is 0 Å². The molecule has 0 aromatic heterocycles. The van der Waals surface area contributed by atoms with E-state index in [1.807, 2.05) is 0 Å². The Morgan fingerprint density at radius 3 is 1.37 bits per heavy atom. The van der Waals surface area contributed by atoms with Crippen molar-refractivity contribution in [2.24, 2.45) is 0 Å². The van der Waals surface area contributed by atoms with Crippen molar-refractivity contribution in [2.45, 2.75) is 45.6 Å². The van der Waals surface area contributed by atoms with Crippen molar-refractivity contribution in [2.75, 3.05) is 0 Å². The molecular weight excluding hydrogens is 507 g/mol. The minimum absolute atomic E-state index is 0.139. The van der Waals surface area contributed by atoms with E-state index in [1.165, 1.54) is 58.0 Å². The molecule has 2 heteroatoms. The summed E-state index contributed by atoms with van der Waals surface area (Å²) in [7, 11) is -2.39. The van der Waals surface area contributed by atoms with Crippen LogP contribution in [-0.2, 0) is 0 Å². The topological polar surface area (TPSA) is 0 Å². The van der Waals surface area contributed by atoms with Crippen molar-refractivity contribution in [1.29, 1.82) is 0 Å². The van der Waals surface area contributed by atoms with Crippen LogP contribution in [0.1, 0.15) is 44.6 Å². The van der Waals surface area contributed by atoms with Crippen LogP contribution in [0.2, 0.25) is 6.55 Å². The minimum atomic E-state index is -2.39. The van der Waals surface area contributed by atoms with E-state index >= 15 is 0 Å². The van der Waals surface area contributed by atoms with Gasteiger partial charge in [-0.15, -0.1) is 0 Å². The van der Waals surface area contributed by atoms with Crippen molar-refractivity contribution < 1.29 is 0 Å². The van der Waals surface area contributed by atoms with Crippen molar-refractivity contribution >= 4 is 41.6 Å². The number of allylic oxidation sites excluding steroid dienone is 1. The van der Waals surface area contributed by atoms with Gasteiger partial charge in [-0.1, -0.05) is 206 Å². The van der Waals surface area contributed by atoms with E-state index in [1.54, 1.807) is 5.20 Å². The maximum Gasteiger partial charge on any atom is 0.241 e. The highest BCUT2D eigenvalue weighted by Gasteiger charge is 2.40. The van der Waals surface area contributed by atoms with Crippen molar-refractivity contribution in [1.82, 2.24) is 0 Å². The van der Waals surface area contributed by atoms with Gasteiger partial charge < -0.3 is 0 Å². The van der Waals surface area contributed by atoms with Gasteiger partial charge in [0.1, 0.15) is 8.07 Å². The second kappa shape index (κ2) is 14.1. The van der Waals surface area contributed by atoms with E-state index in [0.717, 1.165) is 6.42 Å². The highest BCUT2D eigenvalue weighted by molar-refractivity contribution is 7.10. The third kappa shape index (κ3) is 6.55. The fourth-order valence-corrected chi connectivity index (χ4v) is 10.6. The van der Waals surface area contributed by atoms with E-state index in [-0.39, 0.29) is 6.71 Å². The lowest BCUT2D eigenvalue weighted by Gasteiger charge is -2.36.